The van der Waals surface area contributed by atoms with Crippen LogP contribution in [0, 0.1) is 17.8 Å². The molecule has 0 unspecified atom stereocenters. The molecule has 29 heteroatoms. The predicted octanol–water partition coefficient (Wildman–Crippen LogP) is 2.27. The Bertz CT molecular complexity index is 2780. The second kappa shape index (κ2) is 35.6. The summed E-state index contributed by atoms with van der Waals surface area (Å²) in [6.45, 7) is 14.2. The van der Waals surface area contributed by atoms with Crippen molar-refractivity contribution in [3.63, 3.8) is 0 Å². The number of nitrogens with one attached hydrogen (secondary N) is 6. The van der Waals surface area contributed by atoms with Gasteiger partial charge in [0, 0.05) is 62.6 Å². The minimum Gasteiger partial charge on any atom is -0.455 e. The first-order chi connectivity index (χ1) is 40.7. The predicted molar refractivity (Wildman–Crippen MR) is 318 cm³/mol. The first-order valence-electron chi connectivity index (χ1n) is 29.0. The number of hydrogen-bond donors (Lipinski definition) is 7. The number of sulfonamides is 1. The van der Waals surface area contributed by atoms with Crippen molar-refractivity contribution in [2.75, 3.05) is 78.7 Å². The molecular formula is C57H87N11O16S2. The Morgan fingerprint density at radius 3 is 2.14 bits per heavy atom. The summed E-state index contributed by atoms with van der Waals surface area (Å²) in [5, 5.41) is 15.0. The molecule has 0 aliphatic carbocycles. The van der Waals surface area contributed by atoms with Crippen molar-refractivity contribution in [1.82, 2.24) is 45.7 Å². The Balaban J connectivity index is 1.34. The maximum absolute atomic E-state index is 14.3. The lowest BCUT2D eigenvalue weighted by Crippen LogP contribution is -2.58. The molecule has 1 saturated heterocycles. The minimum absolute atomic E-state index is 0.00437. The summed E-state index contributed by atoms with van der Waals surface area (Å²) in [5.41, 5.74) is 5.24. The fraction of sp³-hybridized carbons (Fsp3) is 0.632. The summed E-state index contributed by atoms with van der Waals surface area (Å²) in [4.78, 5) is 138. The summed E-state index contributed by atoms with van der Waals surface area (Å²) in [6.07, 6.45) is 4.71. The smallest absolute Gasteiger partial charge is 0.312 e. The third-order valence-electron chi connectivity index (χ3n) is 14.5. The number of carbonyl (C=O) groups is 10. The molecule has 10 amide bonds. The number of anilines is 1. The van der Waals surface area contributed by atoms with Gasteiger partial charge < -0.3 is 56.2 Å². The number of amides is 10. The molecule has 1 aromatic heterocycles. The number of urea groups is 1. The van der Waals surface area contributed by atoms with E-state index in [4.69, 9.17) is 24.7 Å². The largest absolute Gasteiger partial charge is 0.455 e. The number of piperidine rings is 1. The van der Waals surface area contributed by atoms with Crippen molar-refractivity contribution in [2.45, 2.75) is 142 Å². The van der Waals surface area contributed by atoms with Gasteiger partial charge >= 0.3 is 12.0 Å². The van der Waals surface area contributed by atoms with E-state index >= 15 is 0 Å². The van der Waals surface area contributed by atoms with Crippen molar-refractivity contribution in [2.24, 2.45) is 23.5 Å². The number of aromatic nitrogens is 1. The molecule has 86 heavy (non-hydrogen) atoms. The lowest BCUT2D eigenvalue weighted by atomic mass is 9.92. The van der Waals surface area contributed by atoms with Crippen LogP contribution in [0.2, 0.25) is 0 Å². The van der Waals surface area contributed by atoms with E-state index in [1.165, 1.54) is 48.7 Å². The average molecular weight is 1250 g/mol. The summed E-state index contributed by atoms with van der Waals surface area (Å²) in [6, 6.07) is 0.972. The molecule has 2 aliphatic rings. The van der Waals surface area contributed by atoms with Gasteiger partial charge in [-0.15, -0.1) is 11.3 Å². The van der Waals surface area contributed by atoms with E-state index in [1.54, 1.807) is 25.8 Å². The summed E-state index contributed by atoms with van der Waals surface area (Å²) >= 11 is 0.965. The lowest BCUT2D eigenvalue weighted by Gasteiger charge is -2.38. The fourth-order valence-electron chi connectivity index (χ4n) is 9.52. The van der Waals surface area contributed by atoms with Gasteiger partial charge in [0.25, 0.3) is 17.7 Å². The second-order valence-corrected chi connectivity index (χ2v) is 24.6. The molecule has 0 saturated carbocycles. The number of benzene rings is 1. The number of ether oxygens (including phenoxy) is 4. The molecule has 27 nitrogen and oxygen atoms in total. The highest BCUT2D eigenvalue weighted by atomic mass is 32.2. The number of likely N-dealkylation sites (tertiary alicyclic amines) is 1. The maximum atomic E-state index is 14.3. The lowest BCUT2D eigenvalue weighted by molar-refractivity contribution is -0.149. The third-order valence-corrected chi connectivity index (χ3v) is 16.6. The fourth-order valence-corrected chi connectivity index (χ4v) is 11.4. The molecule has 2 aliphatic heterocycles. The number of carbonyl (C=O) groups excluding carboxylic acids is 10. The monoisotopic (exact) mass is 1250 g/mol. The maximum Gasteiger partial charge on any atom is 0.312 e. The highest BCUT2D eigenvalue weighted by Crippen LogP contribution is 2.31. The molecule has 0 radical (unpaired) electrons. The Morgan fingerprint density at radius 2 is 1.52 bits per heavy atom. The molecular weight excluding hydrogens is 1160 g/mol. The first kappa shape index (κ1) is 71.6. The number of nitrogens with two attached hydrogens (primary N) is 1. The van der Waals surface area contributed by atoms with Gasteiger partial charge in [-0.1, -0.05) is 66.5 Å². The van der Waals surface area contributed by atoms with E-state index in [2.05, 4.69) is 31.6 Å². The van der Waals surface area contributed by atoms with Crippen molar-refractivity contribution < 1.29 is 75.3 Å². The van der Waals surface area contributed by atoms with E-state index in [0.717, 1.165) is 35.6 Å². The molecule has 2 aromatic rings. The topological polar surface area (TPSA) is 363 Å². The molecule has 0 spiro atoms. The van der Waals surface area contributed by atoms with Gasteiger partial charge in [-0.05, 0) is 74.7 Å². The molecule has 0 bridgehead atoms. The molecule has 1 aromatic carbocycles. The van der Waals surface area contributed by atoms with E-state index in [1.807, 2.05) is 44.4 Å². The van der Waals surface area contributed by atoms with Crippen molar-refractivity contribution in [3.8, 4) is 0 Å². The number of rotatable bonds is 37. The van der Waals surface area contributed by atoms with Crippen LogP contribution in [0.4, 0.5) is 10.5 Å². The number of hydrogen-bond acceptors (Lipinski definition) is 19. The minimum atomic E-state index is -4.43. The van der Waals surface area contributed by atoms with Crippen LogP contribution >= 0.6 is 11.3 Å². The molecule has 4 rings (SSSR count). The average Bonchev–Trinajstić information content (AvgIpc) is 2.75. The second-order valence-electron chi connectivity index (χ2n) is 21.9. The zero-order valence-corrected chi connectivity index (χ0v) is 52.3. The van der Waals surface area contributed by atoms with E-state index in [9.17, 15) is 56.4 Å². The Hall–Kier alpha value is -6.92. The van der Waals surface area contributed by atoms with Crippen LogP contribution in [0.25, 0.3) is 0 Å². The van der Waals surface area contributed by atoms with E-state index in [-0.39, 0.29) is 142 Å². The van der Waals surface area contributed by atoms with Crippen molar-refractivity contribution in [3.05, 3.63) is 58.1 Å². The number of esters is 1. The molecule has 3 heterocycles. The van der Waals surface area contributed by atoms with Gasteiger partial charge in [-0.25, -0.2) is 22.9 Å². The molecule has 1 fully saturated rings. The Kier molecular flexibility index (Phi) is 29.7. The summed E-state index contributed by atoms with van der Waals surface area (Å²) < 4.78 is 51.2. The van der Waals surface area contributed by atoms with Crippen LogP contribution in [0.1, 0.15) is 127 Å². The summed E-state index contributed by atoms with van der Waals surface area (Å²) in [5.74, 6) is -6.45. The van der Waals surface area contributed by atoms with Crippen molar-refractivity contribution in [1.29, 1.82) is 0 Å². The number of likely N-dealkylation sites (N-methyl/N-ethyl adjacent to an activating group) is 2. The number of nitrogens with zero attached hydrogens (tertiary/aromatic N) is 4. The highest BCUT2D eigenvalue weighted by molar-refractivity contribution is 7.89. The first-order valence-corrected chi connectivity index (χ1v) is 31.5. The molecule has 7 atom stereocenters. The van der Waals surface area contributed by atoms with Gasteiger partial charge in [0.15, 0.2) is 6.10 Å². The third kappa shape index (κ3) is 23.7. The number of primary amides is 1. The standard InChI is InChI=1S/C57H87N11O16S2/c1-10-37(6)50(64-53(75)43-18-11-12-23-66(43)8)56(77)67(9)44(35(2)3)32-45(84-38(7)69)55-62-42(33-85-55)52(74)65-86(79,80)34-39-15-13-16-40(31-39)60-51(73)41(17-14-22-59-57(58)78)61-54(76)49(36(4)5)63-46(70)21-25-81-27-29-83-30-28-82-26-24-68-47(71)19-20-48(68)72/h13,15-16,19-20,31,33,35-37,41,43-45,49-50H,10-12,14,17-18,21-30,32,34H2,1-9H3,(H,60,73)(H,61,76)(H,63,70)(H,64,75)(H,65,74)(H3,58,59,78)/t37-,41-,43+,44+,45+,49-,50-/m0/s1. The van der Waals surface area contributed by atoms with Crippen LogP contribution in [0.5, 0.6) is 0 Å². The Labute approximate surface area is 507 Å². The zero-order chi connectivity index (χ0) is 63.7. The summed E-state index contributed by atoms with van der Waals surface area (Å²) in [7, 11) is -0.892. The van der Waals surface area contributed by atoms with Crippen LogP contribution < -0.4 is 37.0 Å². The van der Waals surface area contributed by atoms with Gasteiger partial charge in [0.05, 0.1) is 58.0 Å². The molecule has 8 N–H and O–H groups in total. The normalized spacial score (nSPS) is 16.6. The number of imide groups is 1. The van der Waals surface area contributed by atoms with Crippen LogP contribution in [0.3, 0.4) is 0 Å². The van der Waals surface area contributed by atoms with Gasteiger partial charge in [-0.2, -0.15) is 0 Å². The zero-order valence-electron chi connectivity index (χ0n) is 50.7. The SMILES string of the molecule is CC[C@H](C)[C@H](NC(=O)[C@H]1CCCCN1C)C(=O)N(C)[C@H](C[C@@H](OC(C)=O)c1nc(C(=O)NS(=O)(=O)Cc2cccc(NC(=O)[C@H](CCCNC(N)=O)NC(=O)[C@@H](NC(=O)CCOCCOCCOCCN3C(=O)C=CC3=O)C(C)C)c2)cs1)C(C)C. The van der Waals surface area contributed by atoms with Crippen LogP contribution in [-0.2, 0) is 73.1 Å². The number of thiazole rings is 1. The quantitative estimate of drug-likeness (QED) is 0.0290. The van der Waals surface area contributed by atoms with Crippen LogP contribution in [0.15, 0.2) is 41.8 Å². The van der Waals surface area contributed by atoms with Gasteiger partial charge in [-0.3, -0.25) is 53.0 Å². The molecule has 478 valence electrons. The Morgan fingerprint density at radius 1 is 0.860 bits per heavy atom. The van der Waals surface area contributed by atoms with Gasteiger partial charge in [0.2, 0.25) is 39.6 Å². The van der Waals surface area contributed by atoms with Crippen LogP contribution in [-0.4, -0.2) is 191 Å². The van der Waals surface area contributed by atoms with E-state index in [0.29, 0.717) is 12.8 Å². The highest BCUT2D eigenvalue weighted by Gasteiger charge is 2.38. The van der Waals surface area contributed by atoms with Crippen molar-refractivity contribution >= 4 is 86.3 Å². The van der Waals surface area contributed by atoms with Gasteiger partial charge in [0.1, 0.15) is 28.8 Å². The van der Waals surface area contributed by atoms with E-state index < -0.39 is 87.6 Å².